The van der Waals surface area contributed by atoms with Crippen LogP contribution in [0, 0.1) is 6.92 Å². The number of sulfone groups is 1. The molecule has 0 amide bonds. The largest absolute Gasteiger partial charge is 0.418 e. The minimum absolute atomic E-state index is 0.0427. The number of aryl methyl sites for hydroxylation is 1. The molecule has 1 aromatic heterocycles. The van der Waals surface area contributed by atoms with Crippen molar-refractivity contribution in [3.63, 3.8) is 0 Å². The molecule has 26 heavy (non-hydrogen) atoms. The first-order chi connectivity index (χ1) is 12.1. The summed E-state index contributed by atoms with van der Waals surface area (Å²) in [5.74, 6) is 0. The van der Waals surface area contributed by atoms with Gasteiger partial charge in [-0.25, -0.2) is 8.42 Å². The van der Waals surface area contributed by atoms with E-state index in [4.69, 9.17) is 0 Å². The summed E-state index contributed by atoms with van der Waals surface area (Å²) in [5, 5.41) is 0. The number of allylic oxidation sites excluding steroid dienone is 2. The molecule has 3 rings (SSSR count). The average Bonchev–Trinajstić information content (AvgIpc) is 3.03. The van der Waals surface area contributed by atoms with E-state index in [0.29, 0.717) is 12.0 Å². The Morgan fingerprint density at radius 3 is 2.12 bits per heavy atom. The Balaban J connectivity index is 2.07. The fraction of sp³-hybridized carbons (Fsp3) is 0.316. The quantitative estimate of drug-likeness (QED) is 0.759. The molecule has 1 aromatic carbocycles. The second kappa shape index (κ2) is 6.54. The van der Waals surface area contributed by atoms with Crippen LogP contribution in [0.5, 0.6) is 0 Å². The van der Waals surface area contributed by atoms with Gasteiger partial charge in [-0.05, 0) is 66.7 Å². The molecular formula is C19H18F3NO2S. The van der Waals surface area contributed by atoms with Crippen LogP contribution >= 0.6 is 0 Å². The van der Waals surface area contributed by atoms with Gasteiger partial charge in [-0.3, -0.25) is 4.98 Å². The van der Waals surface area contributed by atoms with Crippen molar-refractivity contribution in [2.75, 3.05) is 6.26 Å². The van der Waals surface area contributed by atoms with Crippen LogP contribution in [0.3, 0.4) is 0 Å². The Kier molecular flexibility index (Phi) is 4.69. The lowest BCUT2D eigenvalue weighted by Gasteiger charge is -2.13. The number of hydrogen-bond acceptors (Lipinski definition) is 3. The molecule has 0 atom stereocenters. The van der Waals surface area contributed by atoms with Crippen LogP contribution in [-0.4, -0.2) is 19.7 Å². The van der Waals surface area contributed by atoms with Gasteiger partial charge in [0, 0.05) is 18.1 Å². The Hall–Kier alpha value is -2.15. The topological polar surface area (TPSA) is 47.0 Å². The molecule has 0 spiro atoms. The predicted octanol–water partition coefficient (Wildman–Crippen LogP) is 4.91. The molecule has 2 aromatic rings. The van der Waals surface area contributed by atoms with Crippen LogP contribution in [0.1, 0.15) is 41.6 Å². The number of aromatic nitrogens is 1. The second-order valence-electron chi connectivity index (χ2n) is 6.46. The molecule has 138 valence electrons. The van der Waals surface area contributed by atoms with Gasteiger partial charge in [-0.1, -0.05) is 12.1 Å². The molecule has 7 heteroatoms. The number of benzene rings is 1. The van der Waals surface area contributed by atoms with E-state index in [1.807, 2.05) is 0 Å². The van der Waals surface area contributed by atoms with E-state index in [1.54, 1.807) is 12.1 Å². The first-order valence-corrected chi connectivity index (χ1v) is 10.0. The van der Waals surface area contributed by atoms with E-state index in [9.17, 15) is 21.6 Å². The van der Waals surface area contributed by atoms with E-state index >= 15 is 0 Å². The normalized spacial score (nSPS) is 15.6. The molecular weight excluding hydrogens is 363 g/mol. The van der Waals surface area contributed by atoms with E-state index < -0.39 is 21.6 Å². The molecule has 1 heterocycles. The van der Waals surface area contributed by atoms with Crippen molar-refractivity contribution in [1.82, 2.24) is 4.98 Å². The van der Waals surface area contributed by atoms with Crippen LogP contribution in [0.15, 0.2) is 41.4 Å². The summed E-state index contributed by atoms with van der Waals surface area (Å²) in [6.45, 7) is 1.35. The molecule has 0 radical (unpaired) electrons. The molecule has 0 N–H and O–H groups in total. The molecule has 1 aliphatic carbocycles. The molecule has 0 bridgehead atoms. The monoisotopic (exact) mass is 381 g/mol. The fourth-order valence-electron chi connectivity index (χ4n) is 3.27. The third-order valence-corrected chi connectivity index (χ3v) is 5.72. The Morgan fingerprint density at radius 2 is 1.58 bits per heavy atom. The highest BCUT2D eigenvalue weighted by molar-refractivity contribution is 7.90. The van der Waals surface area contributed by atoms with Gasteiger partial charge in [0.25, 0.3) is 0 Å². The van der Waals surface area contributed by atoms with Crippen molar-refractivity contribution >= 4 is 21.0 Å². The highest BCUT2D eigenvalue weighted by Gasteiger charge is 2.34. The molecule has 0 saturated carbocycles. The SMILES string of the molecule is Cc1ncc(C2=C(c3ccc(S(C)(=O)=O)cc3)CCC2)cc1C(F)(F)F. The third-order valence-electron chi connectivity index (χ3n) is 4.59. The first-order valence-electron chi connectivity index (χ1n) is 8.14. The standard InChI is InChI=1S/C19H18F3NO2S/c1-12-18(19(20,21)22)10-14(11-23-12)17-5-3-4-16(17)13-6-8-15(9-7-13)26(2,24)25/h6-11H,3-5H2,1-2H3. The lowest BCUT2D eigenvalue weighted by atomic mass is 9.97. The summed E-state index contributed by atoms with van der Waals surface area (Å²) in [5.41, 5.74) is 2.33. The number of nitrogens with zero attached hydrogens (tertiary/aromatic N) is 1. The van der Waals surface area contributed by atoms with E-state index in [-0.39, 0.29) is 10.6 Å². The van der Waals surface area contributed by atoms with Crippen LogP contribution in [-0.2, 0) is 16.0 Å². The van der Waals surface area contributed by atoms with Gasteiger partial charge in [0.1, 0.15) is 0 Å². The number of halogens is 3. The van der Waals surface area contributed by atoms with Crippen LogP contribution in [0.2, 0.25) is 0 Å². The van der Waals surface area contributed by atoms with Gasteiger partial charge in [0.15, 0.2) is 9.84 Å². The maximum Gasteiger partial charge on any atom is 0.418 e. The Labute approximate surface area is 150 Å². The van der Waals surface area contributed by atoms with Crippen molar-refractivity contribution in [3.8, 4) is 0 Å². The zero-order valence-corrected chi connectivity index (χ0v) is 15.2. The van der Waals surface area contributed by atoms with Crippen LogP contribution < -0.4 is 0 Å². The number of alkyl halides is 3. The molecule has 3 nitrogen and oxygen atoms in total. The number of hydrogen-bond donors (Lipinski definition) is 0. The van der Waals surface area contributed by atoms with Crippen molar-refractivity contribution in [2.45, 2.75) is 37.3 Å². The van der Waals surface area contributed by atoms with Gasteiger partial charge in [-0.2, -0.15) is 13.2 Å². The minimum atomic E-state index is -4.44. The van der Waals surface area contributed by atoms with Gasteiger partial charge >= 0.3 is 6.18 Å². The molecule has 0 saturated heterocycles. The smallest absolute Gasteiger partial charge is 0.260 e. The predicted molar refractivity (Wildman–Crippen MR) is 94.2 cm³/mol. The summed E-state index contributed by atoms with van der Waals surface area (Å²) in [6, 6.07) is 7.64. The molecule has 0 aliphatic heterocycles. The lowest BCUT2D eigenvalue weighted by molar-refractivity contribution is -0.138. The van der Waals surface area contributed by atoms with Gasteiger partial charge < -0.3 is 0 Å². The van der Waals surface area contributed by atoms with Crippen molar-refractivity contribution in [1.29, 1.82) is 0 Å². The summed E-state index contributed by atoms with van der Waals surface area (Å²) in [7, 11) is -3.29. The first kappa shape index (κ1) is 18.6. The summed E-state index contributed by atoms with van der Waals surface area (Å²) in [6.07, 6.45) is 0.431. The lowest BCUT2D eigenvalue weighted by Crippen LogP contribution is -2.09. The number of rotatable bonds is 3. The van der Waals surface area contributed by atoms with Crippen molar-refractivity contribution in [3.05, 3.63) is 58.9 Å². The summed E-state index contributed by atoms with van der Waals surface area (Å²) >= 11 is 0. The van der Waals surface area contributed by atoms with Gasteiger partial charge in [0.05, 0.1) is 10.5 Å². The van der Waals surface area contributed by atoms with Crippen molar-refractivity contribution < 1.29 is 21.6 Å². The van der Waals surface area contributed by atoms with Gasteiger partial charge in [0.2, 0.25) is 0 Å². The zero-order chi connectivity index (χ0) is 19.1. The molecule has 0 fully saturated rings. The Morgan fingerprint density at radius 1 is 1.00 bits per heavy atom. The zero-order valence-electron chi connectivity index (χ0n) is 14.4. The summed E-state index contributed by atoms with van der Waals surface area (Å²) < 4.78 is 62.7. The van der Waals surface area contributed by atoms with E-state index in [1.165, 1.54) is 25.3 Å². The van der Waals surface area contributed by atoms with E-state index in [0.717, 1.165) is 41.9 Å². The molecule has 0 unspecified atom stereocenters. The van der Waals surface area contributed by atoms with Crippen molar-refractivity contribution in [2.24, 2.45) is 0 Å². The van der Waals surface area contributed by atoms with Gasteiger partial charge in [-0.15, -0.1) is 0 Å². The Bertz CT molecular complexity index is 975. The number of pyridine rings is 1. The fourth-order valence-corrected chi connectivity index (χ4v) is 3.90. The maximum atomic E-state index is 13.2. The second-order valence-corrected chi connectivity index (χ2v) is 8.48. The highest BCUT2D eigenvalue weighted by atomic mass is 32.2. The maximum absolute atomic E-state index is 13.2. The van der Waals surface area contributed by atoms with E-state index in [2.05, 4.69) is 4.98 Å². The third kappa shape index (κ3) is 3.67. The van der Waals surface area contributed by atoms with Crippen LogP contribution in [0.25, 0.3) is 11.1 Å². The average molecular weight is 381 g/mol. The minimum Gasteiger partial charge on any atom is -0.260 e. The van der Waals surface area contributed by atoms with Crippen LogP contribution in [0.4, 0.5) is 13.2 Å². The summed E-state index contributed by atoms with van der Waals surface area (Å²) in [4.78, 5) is 4.15. The molecule has 1 aliphatic rings. The highest BCUT2D eigenvalue weighted by Crippen LogP contribution is 2.41.